The summed E-state index contributed by atoms with van der Waals surface area (Å²) < 4.78 is 57.1. The molecule has 6 nitrogen and oxygen atoms in total. The Kier molecular flexibility index (Phi) is 7.33. The topological polar surface area (TPSA) is 81.1 Å². The lowest BCUT2D eigenvalue weighted by molar-refractivity contribution is 0.101. The molecule has 0 aliphatic heterocycles. The van der Waals surface area contributed by atoms with E-state index in [-0.39, 0.29) is 11.5 Å². The van der Waals surface area contributed by atoms with Crippen molar-refractivity contribution in [3.05, 3.63) is 90.4 Å². The van der Waals surface area contributed by atoms with Gasteiger partial charge in [0.25, 0.3) is 10.0 Å². The third kappa shape index (κ3) is 5.48. The molecule has 0 amide bonds. The van der Waals surface area contributed by atoms with Crippen molar-refractivity contribution in [2.75, 3.05) is 4.72 Å². The Labute approximate surface area is 229 Å². The zero-order valence-corrected chi connectivity index (χ0v) is 22.9. The summed E-state index contributed by atoms with van der Waals surface area (Å²) in [6, 6.07) is 13.9. The molecule has 0 atom stereocenters. The molecular formula is C29H25F2N3O3S2. The van der Waals surface area contributed by atoms with Gasteiger partial charge in [0.05, 0.1) is 11.9 Å². The fourth-order valence-corrected chi connectivity index (χ4v) is 6.50. The molecule has 0 bridgehead atoms. The highest BCUT2D eigenvalue weighted by Crippen LogP contribution is 2.37. The Balaban J connectivity index is 1.44. The fourth-order valence-electron chi connectivity index (χ4n) is 4.43. The quantitative estimate of drug-likeness (QED) is 0.188. The molecule has 0 fully saturated rings. The van der Waals surface area contributed by atoms with Crippen molar-refractivity contribution in [3.8, 4) is 20.9 Å². The van der Waals surface area contributed by atoms with Crippen LogP contribution in [0.2, 0.25) is 0 Å². The van der Waals surface area contributed by atoms with E-state index in [1.807, 2.05) is 36.5 Å². The normalized spacial score (nSPS) is 11.7. The van der Waals surface area contributed by atoms with Crippen LogP contribution in [-0.4, -0.2) is 23.8 Å². The number of aryl methyl sites for hydroxylation is 1. The third-order valence-corrected chi connectivity index (χ3v) is 8.96. The van der Waals surface area contributed by atoms with Crippen molar-refractivity contribution >= 4 is 43.7 Å². The van der Waals surface area contributed by atoms with E-state index in [0.29, 0.717) is 17.2 Å². The van der Waals surface area contributed by atoms with E-state index in [4.69, 9.17) is 0 Å². The summed E-state index contributed by atoms with van der Waals surface area (Å²) in [5.74, 6) is -2.03. The van der Waals surface area contributed by atoms with Crippen LogP contribution in [0.25, 0.3) is 31.8 Å². The number of carbonyl (C=O) groups excluding carboxylic acids is 1. The van der Waals surface area contributed by atoms with E-state index >= 15 is 0 Å². The highest BCUT2D eigenvalue weighted by atomic mass is 32.2. The van der Waals surface area contributed by atoms with Crippen LogP contribution < -0.4 is 4.72 Å². The molecule has 1 N–H and O–H groups in total. The largest absolute Gasteiger partial charge is 0.347 e. The molecule has 3 aromatic heterocycles. The lowest BCUT2D eigenvalue weighted by atomic mass is 10.1. The van der Waals surface area contributed by atoms with E-state index < -0.39 is 26.6 Å². The molecule has 39 heavy (non-hydrogen) atoms. The van der Waals surface area contributed by atoms with Gasteiger partial charge < -0.3 is 4.57 Å². The molecule has 200 valence electrons. The van der Waals surface area contributed by atoms with Crippen molar-refractivity contribution in [1.29, 1.82) is 0 Å². The highest BCUT2D eigenvalue weighted by molar-refractivity contribution is 7.92. The number of anilines is 1. The van der Waals surface area contributed by atoms with Crippen LogP contribution in [-0.2, 0) is 16.6 Å². The second kappa shape index (κ2) is 10.7. The van der Waals surface area contributed by atoms with Crippen LogP contribution >= 0.6 is 11.3 Å². The first-order valence-electron chi connectivity index (χ1n) is 12.3. The predicted octanol–water partition coefficient (Wildman–Crippen LogP) is 7.51. The van der Waals surface area contributed by atoms with Crippen LogP contribution in [0.5, 0.6) is 0 Å². The van der Waals surface area contributed by atoms with E-state index in [1.54, 1.807) is 19.2 Å². The summed E-state index contributed by atoms with van der Waals surface area (Å²) in [5.41, 5.74) is 3.50. The number of fused-ring (bicyclic) bond motifs is 1. The van der Waals surface area contributed by atoms with Gasteiger partial charge in [0.2, 0.25) is 0 Å². The van der Waals surface area contributed by atoms with Gasteiger partial charge in [-0.1, -0.05) is 19.4 Å². The van der Waals surface area contributed by atoms with Crippen LogP contribution in [0.4, 0.5) is 14.5 Å². The number of rotatable bonds is 9. The molecular weight excluding hydrogens is 540 g/mol. The zero-order chi connectivity index (χ0) is 27.7. The maximum Gasteiger partial charge on any atom is 0.264 e. The Morgan fingerprint density at radius 1 is 1.00 bits per heavy atom. The first-order chi connectivity index (χ1) is 18.7. The molecule has 0 saturated carbocycles. The third-order valence-electron chi connectivity index (χ3n) is 6.36. The van der Waals surface area contributed by atoms with Gasteiger partial charge in [-0.25, -0.2) is 17.2 Å². The summed E-state index contributed by atoms with van der Waals surface area (Å²) in [4.78, 5) is 17.6. The van der Waals surface area contributed by atoms with Crippen LogP contribution in [0, 0.1) is 11.6 Å². The Morgan fingerprint density at radius 3 is 2.49 bits per heavy atom. The number of thiophene rings is 1. The number of nitrogens with zero attached hydrogens (tertiary/aromatic N) is 2. The van der Waals surface area contributed by atoms with Gasteiger partial charge in [-0.05, 0) is 61.4 Å². The molecule has 0 radical (unpaired) electrons. The number of nitrogens with one attached hydrogen (secondary N) is 1. The molecule has 3 heterocycles. The first-order valence-corrected chi connectivity index (χ1v) is 14.6. The summed E-state index contributed by atoms with van der Waals surface area (Å²) in [6.07, 6.45) is 6.95. The van der Waals surface area contributed by atoms with Gasteiger partial charge in [0.1, 0.15) is 16.5 Å². The number of Topliss-reactive ketones (excluding diaryl/α,β-unsaturated/α-hetero) is 1. The number of unbranched alkanes of at least 4 members (excludes halogenated alkanes) is 1. The average molecular weight is 566 g/mol. The van der Waals surface area contributed by atoms with Gasteiger partial charge >= 0.3 is 0 Å². The fraction of sp³-hybridized carbons (Fsp3) is 0.172. The smallest absolute Gasteiger partial charge is 0.264 e. The van der Waals surface area contributed by atoms with Gasteiger partial charge in [0.15, 0.2) is 5.78 Å². The minimum Gasteiger partial charge on any atom is -0.347 e. The summed E-state index contributed by atoms with van der Waals surface area (Å²) >= 11 is 1.50. The maximum absolute atomic E-state index is 14.1. The zero-order valence-electron chi connectivity index (χ0n) is 21.2. The van der Waals surface area contributed by atoms with E-state index in [1.165, 1.54) is 17.5 Å². The van der Waals surface area contributed by atoms with Crippen LogP contribution in [0.1, 0.15) is 37.0 Å². The molecule has 10 heteroatoms. The number of ketones is 1. The number of halogens is 2. The lowest BCUT2D eigenvalue weighted by Gasteiger charge is -2.09. The van der Waals surface area contributed by atoms with Crippen molar-refractivity contribution in [1.82, 2.24) is 9.55 Å². The standard InChI is InChI=1S/C29H25F2N3O3S2/c1-3-4-11-34-17-24(18(2)35)23-13-19(5-7-26(23)34)27-8-9-28(38-27)20-12-22(16-32-15-20)33-39(36,37)29-10-6-21(30)14-25(29)31/h5-10,12-17,33H,3-4,11H2,1-2H3. The molecule has 0 unspecified atom stereocenters. The van der Waals surface area contributed by atoms with Crippen molar-refractivity contribution in [2.24, 2.45) is 0 Å². The van der Waals surface area contributed by atoms with E-state index in [0.717, 1.165) is 57.7 Å². The first kappa shape index (κ1) is 26.7. The number of aromatic nitrogens is 2. The van der Waals surface area contributed by atoms with Gasteiger partial charge in [-0.15, -0.1) is 11.3 Å². The number of hydrogen-bond acceptors (Lipinski definition) is 5. The number of carbonyl (C=O) groups is 1. The van der Waals surface area contributed by atoms with E-state index in [9.17, 15) is 22.0 Å². The number of pyridine rings is 1. The van der Waals surface area contributed by atoms with E-state index in [2.05, 4.69) is 21.2 Å². The number of benzene rings is 2. The Bertz CT molecular complexity index is 1810. The van der Waals surface area contributed by atoms with Crippen LogP contribution in [0.3, 0.4) is 0 Å². The maximum atomic E-state index is 14.1. The van der Waals surface area contributed by atoms with Crippen LogP contribution in [0.15, 0.2) is 78.1 Å². The number of sulfonamides is 1. The average Bonchev–Trinajstić information content (AvgIpc) is 3.52. The minimum absolute atomic E-state index is 0.0186. The summed E-state index contributed by atoms with van der Waals surface area (Å²) in [7, 11) is -4.29. The second-order valence-electron chi connectivity index (χ2n) is 9.18. The molecule has 0 spiro atoms. The van der Waals surface area contributed by atoms with Gasteiger partial charge in [-0.2, -0.15) is 0 Å². The summed E-state index contributed by atoms with van der Waals surface area (Å²) in [6.45, 7) is 4.56. The lowest BCUT2D eigenvalue weighted by Crippen LogP contribution is -2.15. The minimum atomic E-state index is -4.29. The monoisotopic (exact) mass is 565 g/mol. The molecule has 0 aliphatic carbocycles. The SMILES string of the molecule is CCCCn1cc(C(C)=O)c2cc(-c3ccc(-c4cncc(NS(=O)(=O)c5ccc(F)cc5F)c4)s3)ccc21. The molecule has 0 saturated heterocycles. The van der Waals surface area contributed by atoms with Gasteiger partial charge in [0, 0.05) is 56.8 Å². The number of hydrogen-bond donors (Lipinski definition) is 1. The second-order valence-corrected chi connectivity index (χ2v) is 11.9. The molecule has 5 rings (SSSR count). The molecule has 2 aromatic carbocycles. The highest BCUT2D eigenvalue weighted by Gasteiger charge is 2.20. The van der Waals surface area contributed by atoms with Crippen molar-refractivity contribution in [2.45, 2.75) is 38.1 Å². The predicted molar refractivity (Wildman–Crippen MR) is 151 cm³/mol. The van der Waals surface area contributed by atoms with Crippen molar-refractivity contribution < 1.29 is 22.0 Å². The molecule has 5 aromatic rings. The Hall–Kier alpha value is -3.89. The van der Waals surface area contributed by atoms with Crippen molar-refractivity contribution in [3.63, 3.8) is 0 Å². The molecule has 0 aliphatic rings. The van der Waals surface area contributed by atoms with Gasteiger partial charge in [-0.3, -0.25) is 14.5 Å². The summed E-state index contributed by atoms with van der Waals surface area (Å²) in [5, 5.41) is 0.914. The Morgan fingerprint density at radius 2 is 1.77 bits per heavy atom.